The maximum absolute atomic E-state index is 13.9. The van der Waals surface area contributed by atoms with E-state index in [1.54, 1.807) is 20.8 Å². The summed E-state index contributed by atoms with van der Waals surface area (Å²) in [6.45, 7) is 5.21. The van der Waals surface area contributed by atoms with Crippen LogP contribution in [0, 0.1) is 11.6 Å². The summed E-state index contributed by atoms with van der Waals surface area (Å²) in [5, 5.41) is 8.76. The number of hydrogen-bond donors (Lipinski definition) is 1. The van der Waals surface area contributed by atoms with E-state index in [4.69, 9.17) is 21.1 Å². The van der Waals surface area contributed by atoms with Gasteiger partial charge in [-0.25, -0.2) is 18.6 Å². The fourth-order valence-electron chi connectivity index (χ4n) is 1.78. The highest BCUT2D eigenvalue weighted by atomic mass is 35.5. The fourth-order valence-corrected chi connectivity index (χ4v) is 1.93. The Kier molecular flexibility index (Phi) is 3.76. The summed E-state index contributed by atoms with van der Waals surface area (Å²) in [6, 6.07) is 1.61. The zero-order chi connectivity index (χ0) is 15.9. The normalized spacial score (nSPS) is 11.7. The van der Waals surface area contributed by atoms with Gasteiger partial charge in [0.1, 0.15) is 17.3 Å². The molecule has 0 radical (unpaired) electrons. The number of rotatable bonds is 2. The molecule has 0 spiro atoms. The molecule has 4 nitrogen and oxygen atoms in total. The average Bonchev–Trinajstić information content (AvgIpc) is 2.78. The Morgan fingerprint density at radius 2 is 1.90 bits per heavy atom. The van der Waals surface area contributed by atoms with E-state index in [2.05, 4.69) is 4.98 Å². The van der Waals surface area contributed by atoms with Gasteiger partial charge in [-0.15, -0.1) is 0 Å². The van der Waals surface area contributed by atoms with Crippen LogP contribution in [0.3, 0.4) is 0 Å². The molecule has 0 aliphatic heterocycles. The van der Waals surface area contributed by atoms with Crippen LogP contribution >= 0.6 is 11.6 Å². The second-order valence-corrected chi connectivity index (χ2v) is 5.91. The van der Waals surface area contributed by atoms with E-state index in [0.29, 0.717) is 0 Å². The number of oxazole rings is 1. The number of aromatic carboxylic acids is 1. The van der Waals surface area contributed by atoms with Gasteiger partial charge >= 0.3 is 5.97 Å². The van der Waals surface area contributed by atoms with E-state index >= 15 is 0 Å². The largest absolute Gasteiger partial charge is 0.475 e. The molecule has 2 rings (SSSR count). The SMILES string of the molecule is CC(C)(C)c1nc(-c2cc(F)c(Cl)cc2F)oc1C(=O)O. The van der Waals surface area contributed by atoms with Crippen molar-refractivity contribution in [2.24, 2.45) is 0 Å². The zero-order valence-electron chi connectivity index (χ0n) is 11.5. The second kappa shape index (κ2) is 5.11. The van der Waals surface area contributed by atoms with Crippen LogP contribution in [0.25, 0.3) is 11.5 Å². The predicted molar refractivity (Wildman–Crippen MR) is 72.5 cm³/mol. The topological polar surface area (TPSA) is 63.3 Å². The summed E-state index contributed by atoms with van der Waals surface area (Å²) in [7, 11) is 0. The van der Waals surface area contributed by atoms with Crippen LogP contribution in [-0.4, -0.2) is 16.1 Å². The van der Waals surface area contributed by atoms with Gasteiger partial charge in [0.05, 0.1) is 10.6 Å². The predicted octanol–water partition coefficient (Wildman–Crippen LogP) is 4.27. The summed E-state index contributed by atoms with van der Waals surface area (Å²) in [5.41, 5.74) is -0.758. The van der Waals surface area contributed by atoms with Crippen molar-refractivity contribution in [1.82, 2.24) is 4.98 Å². The maximum Gasteiger partial charge on any atom is 0.373 e. The number of carbonyl (C=O) groups is 1. The number of aromatic nitrogens is 1. The van der Waals surface area contributed by atoms with Gasteiger partial charge in [0.15, 0.2) is 0 Å². The van der Waals surface area contributed by atoms with Crippen LogP contribution in [0.1, 0.15) is 37.0 Å². The van der Waals surface area contributed by atoms with Gasteiger partial charge in [-0.1, -0.05) is 32.4 Å². The first-order valence-electron chi connectivity index (χ1n) is 6.00. The Hall–Kier alpha value is -1.95. The Bertz CT molecular complexity index is 720. The molecule has 1 aromatic carbocycles. The lowest BCUT2D eigenvalue weighted by Crippen LogP contribution is -2.16. The van der Waals surface area contributed by atoms with Crippen molar-refractivity contribution in [2.75, 3.05) is 0 Å². The Labute approximate surface area is 124 Å². The molecular weight excluding hydrogens is 304 g/mol. The minimum Gasteiger partial charge on any atom is -0.475 e. The standard InChI is InChI=1S/C14H12ClF2NO3/c1-14(2,3)11-10(13(19)20)21-12(18-11)6-4-9(17)7(15)5-8(6)16/h4-5H,1-3H3,(H,19,20). The Morgan fingerprint density at radius 3 is 2.38 bits per heavy atom. The third-order valence-electron chi connectivity index (χ3n) is 2.77. The summed E-state index contributed by atoms with van der Waals surface area (Å²) < 4.78 is 32.4. The van der Waals surface area contributed by atoms with E-state index in [0.717, 1.165) is 12.1 Å². The third kappa shape index (κ3) is 2.90. The quantitative estimate of drug-likeness (QED) is 0.841. The minimum absolute atomic E-state index is 0.153. The van der Waals surface area contributed by atoms with Crippen molar-refractivity contribution in [2.45, 2.75) is 26.2 Å². The van der Waals surface area contributed by atoms with Gasteiger partial charge in [0, 0.05) is 5.41 Å². The van der Waals surface area contributed by atoms with Crippen LogP contribution in [-0.2, 0) is 5.41 Å². The molecule has 21 heavy (non-hydrogen) atoms. The summed E-state index contributed by atoms with van der Waals surface area (Å²) >= 11 is 5.47. The number of carboxylic acids is 1. The monoisotopic (exact) mass is 315 g/mol. The van der Waals surface area contributed by atoms with Gasteiger partial charge in [0.2, 0.25) is 11.7 Å². The van der Waals surface area contributed by atoms with Crippen molar-refractivity contribution in [3.05, 3.63) is 40.2 Å². The highest BCUT2D eigenvalue weighted by Crippen LogP contribution is 2.32. The molecule has 1 aromatic heterocycles. The highest BCUT2D eigenvalue weighted by molar-refractivity contribution is 6.30. The number of carboxylic acid groups (broad SMARTS) is 1. The molecule has 0 atom stereocenters. The highest BCUT2D eigenvalue weighted by Gasteiger charge is 2.30. The molecule has 0 amide bonds. The molecule has 7 heteroatoms. The summed E-state index contributed by atoms with van der Waals surface area (Å²) in [6.07, 6.45) is 0. The van der Waals surface area contributed by atoms with Crippen LogP contribution < -0.4 is 0 Å². The molecule has 0 bridgehead atoms. The molecule has 0 saturated carbocycles. The smallest absolute Gasteiger partial charge is 0.373 e. The molecule has 1 heterocycles. The van der Waals surface area contributed by atoms with Crippen LogP contribution in [0.4, 0.5) is 8.78 Å². The Balaban J connectivity index is 2.66. The molecular formula is C14H12ClF2NO3. The van der Waals surface area contributed by atoms with Gasteiger partial charge in [-0.3, -0.25) is 0 Å². The molecule has 0 saturated heterocycles. The first-order chi connectivity index (χ1) is 9.61. The molecule has 1 N–H and O–H groups in total. The van der Waals surface area contributed by atoms with Crippen molar-refractivity contribution in [1.29, 1.82) is 0 Å². The lowest BCUT2D eigenvalue weighted by Gasteiger charge is -2.14. The minimum atomic E-state index is -1.33. The van der Waals surface area contributed by atoms with Crippen LogP contribution in [0.15, 0.2) is 16.5 Å². The van der Waals surface area contributed by atoms with Crippen molar-refractivity contribution in [3.63, 3.8) is 0 Å². The second-order valence-electron chi connectivity index (χ2n) is 5.50. The lowest BCUT2D eigenvalue weighted by molar-refractivity contribution is 0.0659. The van der Waals surface area contributed by atoms with Gasteiger partial charge in [-0.2, -0.15) is 0 Å². The van der Waals surface area contributed by atoms with Crippen molar-refractivity contribution < 1.29 is 23.1 Å². The van der Waals surface area contributed by atoms with Crippen LogP contribution in [0.2, 0.25) is 5.02 Å². The first kappa shape index (κ1) is 15.4. The zero-order valence-corrected chi connectivity index (χ0v) is 12.3. The number of hydrogen-bond acceptors (Lipinski definition) is 3. The average molecular weight is 316 g/mol. The molecule has 0 unspecified atom stereocenters. The van der Waals surface area contributed by atoms with E-state index in [-0.39, 0.29) is 22.2 Å². The van der Waals surface area contributed by atoms with Gasteiger partial charge in [0.25, 0.3) is 0 Å². The summed E-state index contributed by atoms with van der Waals surface area (Å²) in [5.74, 6) is -3.72. The molecule has 0 aliphatic carbocycles. The maximum atomic E-state index is 13.9. The van der Waals surface area contributed by atoms with E-state index < -0.39 is 28.8 Å². The van der Waals surface area contributed by atoms with Gasteiger partial charge in [-0.05, 0) is 12.1 Å². The van der Waals surface area contributed by atoms with Crippen molar-refractivity contribution >= 4 is 17.6 Å². The molecule has 0 fully saturated rings. The number of benzene rings is 1. The summed E-state index contributed by atoms with van der Waals surface area (Å²) in [4.78, 5) is 15.2. The molecule has 112 valence electrons. The number of nitrogens with zero attached hydrogens (tertiary/aromatic N) is 1. The lowest BCUT2D eigenvalue weighted by atomic mass is 9.91. The number of halogens is 3. The van der Waals surface area contributed by atoms with Crippen LogP contribution in [0.5, 0.6) is 0 Å². The molecule has 0 aliphatic rings. The third-order valence-corrected chi connectivity index (χ3v) is 3.06. The van der Waals surface area contributed by atoms with E-state index in [9.17, 15) is 13.6 Å². The van der Waals surface area contributed by atoms with Crippen molar-refractivity contribution in [3.8, 4) is 11.5 Å². The first-order valence-corrected chi connectivity index (χ1v) is 6.38. The Morgan fingerprint density at radius 1 is 1.29 bits per heavy atom. The van der Waals surface area contributed by atoms with E-state index in [1.165, 1.54) is 0 Å². The van der Waals surface area contributed by atoms with Gasteiger partial charge < -0.3 is 9.52 Å². The van der Waals surface area contributed by atoms with E-state index in [1.807, 2.05) is 0 Å². The fraction of sp³-hybridized carbons (Fsp3) is 0.286. The molecule has 2 aromatic rings.